The molecule has 0 radical (unpaired) electrons. The molecular formula is C22H21Cl4N5O2S. The maximum Gasteiger partial charge on any atom is 0.253 e. The Kier molecular flexibility index (Phi) is 9.12. The lowest BCUT2D eigenvalue weighted by molar-refractivity contribution is -0.113. The van der Waals surface area contributed by atoms with E-state index in [1.807, 2.05) is 13.8 Å². The Hall–Kier alpha value is -1.97. The van der Waals surface area contributed by atoms with E-state index in [9.17, 15) is 9.59 Å². The van der Waals surface area contributed by atoms with Crippen LogP contribution in [0, 0.1) is 5.92 Å². The van der Waals surface area contributed by atoms with E-state index in [4.69, 9.17) is 46.4 Å². The first-order valence-corrected chi connectivity index (χ1v) is 12.6. The number of benzene rings is 2. The van der Waals surface area contributed by atoms with Crippen LogP contribution in [-0.2, 0) is 11.8 Å². The van der Waals surface area contributed by atoms with Gasteiger partial charge < -0.3 is 15.2 Å². The monoisotopic (exact) mass is 559 g/mol. The van der Waals surface area contributed by atoms with Crippen molar-refractivity contribution >= 4 is 75.7 Å². The van der Waals surface area contributed by atoms with Gasteiger partial charge in [0.1, 0.15) is 0 Å². The SMILES string of the molecule is CC(C)[C@H](NC(=O)c1ccc(Cl)cc1Cl)c1nnc(SCC(=O)Nc2cc(Cl)cc(Cl)c2)n1C. The van der Waals surface area contributed by atoms with E-state index in [0.717, 1.165) is 0 Å². The Labute approximate surface area is 221 Å². The van der Waals surface area contributed by atoms with E-state index in [1.165, 1.54) is 17.8 Å². The zero-order valence-corrected chi connectivity index (χ0v) is 22.2. The largest absolute Gasteiger partial charge is 0.342 e. The summed E-state index contributed by atoms with van der Waals surface area (Å²) in [6, 6.07) is 9.06. The van der Waals surface area contributed by atoms with Crippen molar-refractivity contribution in [3.63, 3.8) is 0 Å². The van der Waals surface area contributed by atoms with Gasteiger partial charge in [-0.05, 0) is 42.3 Å². The molecule has 0 unspecified atom stereocenters. The Morgan fingerprint density at radius 1 is 1.00 bits per heavy atom. The van der Waals surface area contributed by atoms with Crippen molar-refractivity contribution in [1.82, 2.24) is 20.1 Å². The molecule has 0 aliphatic rings. The number of nitrogens with zero attached hydrogens (tertiary/aromatic N) is 3. The van der Waals surface area contributed by atoms with Crippen LogP contribution in [0.25, 0.3) is 0 Å². The predicted molar refractivity (Wildman–Crippen MR) is 138 cm³/mol. The first-order valence-electron chi connectivity index (χ1n) is 10.1. The van der Waals surface area contributed by atoms with Crippen molar-refractivity contribution in [2.45, 2.75) is 25.0 Å². The van der Waals surface area contributed by atoms with Gasteiger partial charge in [-0.25, -0.2) is 0 Å². The molecule has 7 nitrogen and oxygen atoms in total. The summed E-state index contributed by atoms with van der Waals surface area (Å²) in [6.07, 6.45) is 0. The summed E-state index contributed by atoms with van der Waals surface area (Å²) in [5, 5.41) is 16.3. The average Bonchev–Trinajstić information content (AvgIpc) is 3.09. The van der Waals surface area contributed by atoms with Crippen molar-refractivity contribution in [3.05, 3.63) is 67.9 Å². The molecule has 0 saturated carbocycles. The molecule has 2 N–H and O–H groups in total. The maximum absolute atomic E-state index is 12.8. The number of anilines is 1. The standard InChI is InChI=1S/C22H21Cl4N5O2S/c1-11(2)19(28-21(33)16-5-4-12(23)9-17(16)26)20-29-30-22(31(20)3)34-10-18(32)27-15-7-13(24)6-14(25)8-15/h4-9,11,19H,10H2,1-3H3,(H,27,32)(H,28,33)/t19-/m0/s1. The molecule has 0 spiro atoms. The summed E-state index contributed by atoms with van der Waals surface area (Å²) in [5.41, 5.74) is 0.816. The number of hydrogen-bond donors (Lipinski definition) is 2. The first-order chi connectivity index (χ1) is 16.0. The lowest BCUT2D eigenvalue weighted by Crippen LogP contribution is -2.33. The van der Waals surface area contributed by atoms with Gasteiger partial charge in [-0.3, -0.25) is 9.59 Å². The van der Waals surface area contributed by atoms with Crippen LogP contribution < -0.4 is 10.6 Å². The highest BCUT2D eigenvalue weighted by Gasteiger charge is 2.26. The van der Waals surface area contributed by atoms with E-state index in [1.54, 1.807) is 41.9 Å². The van der Waals surface area contributed by atoms with E-state index < -0.39 is 6.04 Å². The van der Waals surface area contributed by atoms with Crippen LogP contribution in [0.3, 0.4) is 0 Å². The number of carbonyl (C=O) groups is 2. The second kappa shape index (κ2) is 11.6. The van der Waals surface area contributed by atoms with Crippen LogP contribution >= 0.6 is 58.2 Å². The Bertz CT molecular complexity index is 1200. The number of nitrogens with one attached hydrogen (secondary N) is 2. The highest BCUT2D eigenvalue weighted by atomic mass is 35.5. The number of carbonyl (C=O) groups excluding carboxylic acids is 2. The zero-order chi connectivity index (χ0) is 25.0. The lowest BCUT2D eigenvalue weighted by atomic mass is 10.0. The predicted octanol–water partition coefficient (Wildman–Crippen LogP) is 6.29. The molecule has 2 amide bonds. The summed E-state index contributed by atoms with van der Waals surface area (Å²) in [7, 11) is 1.78. The summed E-state index contributed by atoms with van der Waals surface area (Å²) in [6.45, 7) is 3.92. The second-order valence-corrected chi connectivity index (χ2v) is 10.4. The molecule has 12 heteroatoms. The van der Waals surface area contributed by atoms with E-state index in [2.05, 4.69) is 20.8 Å². The minimum absolute atomic E-state index is 0.00616. The van der Waals surface area contributed by atoms with E-state index in [0.29, 0.717) is 37.3 Å². The van der Waals surface area contributed by atoms with Crippen LogP contribution in [0.15, 0.2) is 41.6 Å². The summed E-state index contributed by atoms with van der Waals surface area (Å²) in [5.74, 6) is 0.0515. The highest BCUT2D eigenvalue weighted by molar-refractivity contribution is 7.99. The molecule has 0 saturated heterocycles. The van der Waals surface area contributed by atoms with Crippen LogP contribution in [0.5, 0.6) is 0 Å². The molecule has 180 valence electrons. The van der Waals surface area contributed by atoms with Crippen molar-refractivity contribution in [2.24, 2.45) is 13.0 Å². The van der Waals surface area contributed by atoms with Crippen molar-refractivity contribution in [1.29, 1.82) is 0 Å². The fourth-order valence-corrected chi connectivity index (χ4v) is 4.84. The fraction of sp³-hybridized carbons (Fsp3) is 0.273. The van der Waals surface area contributed by atoms with Gasteiger partial charge in [-0.15, -0.1) is 10.2 Å². The maximum atomic E-state index is 12.8. The quantitative estimate of drug-likeness (QED) is 0.316. The minimum Gasteiger partial charge on any atom is -0.342 e. The normalized spacial score (nSPS) is 12.0. The van der Waals surface area contributed by atoms with Crippen molar-refractivity contribution < 1.29 is 9.59 Å². The van der Waals surface area contributed by atoms with Gasteiger partial charge >= 0.3 is 0 Å². The third kappa shape index (κ3) is 6.79. The smallest absolute Gasteiger partial charge is 0.253 e. The second-order valence-electron chi connectivity index (χ2n) is 7.71. The van der Waals surface area contributed by atoms with Gasteiger partial charge in [0.05, 0.1) is 22.4 Å². The van der Waals surface area contributed by atoms with Gasteiger partial charge in [-0.2, -0.15) is 0 Å². The zero-order valence-electron chi connectivity index (χ0n) is 18.4. The summed E-state index contributed by atoms with van der Waals surface area (Å²) >= 11 is 25.3. The molecule has 3 rings (SSSR count). The highest BCUT2D eigenvalue weighted by Crippen LogP contribution is 2.27. The van der Waals surface area contributed by atoms with Crippen LogP contribution in [0.4, 0.5) is 5.69 Å². The number of hydrogen-bond acceptors (Lipinski definition) is 5. The van der Waals surface area contributed by atoms with Crippen LogP contribution in [0.2, 0.25) is 20.1 Å². The molecule has 1 atom stereocenters. The molecule has 34 heavy (non-hydrogen) atoms. The lowest BCUT2D eigenvalue weighted by Gasteiger charge is -2.22. The Morgan fingerprint density at radius 2 is 1.68 bits per heavy atom. The van der Waals surface area contributed by atoms with Crippen LogP contribution in [0.1, 0.15) is 36.1 Å². The molecule has 0 bridgehead atoms. The fourth-order valence-electron chi connectivity index (χ4n) is 3.10. The summed E-state index contributed by atoms with van der Waals surface area (Å²) < 4.78 is 1.75. The van der Waals surface area contributed by atoms with Crippen molar-refractivity contribution in [2.75, 3.05) is 11.1 Å². The Balaban J connectivity index is 1.69. The molecule has 0 aliphatic carbocycles. The van der Waals surface area contributed by atoms with Gasteiger partial charge in [0.25, 0.3) is 5.91 Å². The third-order valence-electron chi connectivity index (χ3n) is 4.75. The topological polar surface area (TPSA) is 88.9 Å². The molecule has 2 aromatic carbocycles. The summed E-state index contributed by atoms with van der Waals surface area (Å²) in [4.78, 5) is 25.2. The molecule has 3 aromatic rings. The van der Waals surface area contributed by atoms with Gasteiger partial charge in [0.15, 0.2) is 11.0 Å². The van der Waals surface area contributed by atoms with Crippen molar-refractivity contribution in [3.8, 4) is 0 Å². The number of thioether (sulfide) groups is 1. The van der Waals surface area contributed by atoms with Gasteiger partial charge in [-0.1, -0.05) is 72.0 Å². The average molecular weight is 561 g/mol. The van der Waals surface area contributed by atoms with E-state index >= 15 is 0 Å². The number of amides is 2. The molecule has 0 fully saturated rings. The first kappa shape index (κ1) is 26.6. The van der Waals surface area contributed by atoms with Gasteiger partial charge in [0, 0.05) is 27.8 Å². The molecule has 1 aromatic heterocycles. The number of aromatic nitrogens is 3. The number of halogens is 4. The van der Waals surface area contributed by atoms with Gasteiger partial charge in [0.2, 0.25) is 5.91 Å². The third-order valence-corrected chi connectivity index (χ3v) is 6.76. The minimum atomic E-state index is -0.437. The Morgan fingerprint density at radius 3 is 2.29 bits per heavy atom. The number of rotatable bonds is 8. The van der Waals surface area contributed by atoms with E-state index in [-0.39, 0.29) is 28.5 Å². The van der Waals surface area contributed by atoms with Crippen LogP contribution in [-0.4, -0.2) is 32.3 Å². The molecule has 0 aliphatic heterocycles. The molecular weight excluding hydrogens is 540 g/mol. The molecule has 1 heterocycles.